The molecule has 0 aromatic carbocycles. The van der Waals surface area contributed by atoms with Crippen LogP contribution in [0, 0.1) is 0 Å². The van der Waals surface area contributed by atoms with Gasteiger partial charge in [0.05, 0.1) is 6.61 Å². The summed E-state index contributed by atoms with van der Waals surface area (Å²) in [5.74, 6) is 0. The van der Waals surface area contributed by atoms with Crippen molar-refractivity contribution in [3.8, 4) is 0 Å². The first kappa shape index (κ1) is 16.6. The molecule has 0 saturated heterocycles. The minimum Gasteiger partial charge on any atom is -0.394 e. The Morgan fingerprint density at radius 1 is 1.06 bits per heavy atom. The summed E-state index contributed by atoms with van der Waals surface area (Å²) in [5, 5.41) is 43.5. The molecule has 0 bridgehead atoms. The summed E-state index contributed by atoms with van der Waals surface area (Å²) in [4.78, 5) is 17.2. The third-order valence-electron chi connectivity index (χ3n) is 1.90. The average Bonchev–Trinajstić information content (AvgIpc) is 2.46. The van der Waals surface area contributed by atoms with E-state index in [1.54, 1.807) is 18.5 Å². The maximum Gasteiger partial charge on any atom is 0.151 e. The van der Waals surface area contributed by atoms with E-state index in [0.717, 1.165) is 0 Å². The van der Waals surface area contributed by atoms with E-state index in [0.29, 0.717) is 0 Å². The summed E-state index contributed by atoms with van der Waals surface area (Å²) < 4.78 is 0. The normalized spacial score (nSPS) is 16.7. The third-order valence-corrected chi connectivity index (χ3v) is 1.90. The number of aldehydes is 1. The van der Waals surface area contributed by atoms with Gasteiger partial charge in [0.25, 0.3) is 0 Å². The zero-order valence-corrected chi connectivity index (χ0v) is 9.44. The molecule has 0 spiro atoms. The molecule has 0 aliphatic rings. The topological polar surface area (TPSA) is 144 Å². The maximum atomic E-state index is 9.90. The second-order valence-electron chi connectivity index (χ2n) is 3.26. The number of carbonyl (C=O) groups is 1. The Morgan fingerprint density at radius 3 is 1.89 bits per heavy atom. The van der Waals surface area contributed by atoms with E-state index in [4.69, 9.17) is 25.5 Å². The Labute approximate surface area is 103 Å². The summed E-state index contributed by atoms with van der Waals surface area (Å²) in [6, 6.07) is 1.78. The number of aromatic nitrogens is 2. The molecule has 18 heavy (non-hydrogen) atoms. The fourth-order valence-electron chi connectivity index (χ4n) is 0.871. The predicted molar refractivity (Wildman–Crippen MR) is 59.2 cm³/mol. The minimum atomic E-state index is -1.79. The van der Waals surface area contributed by atoms with Gasteiger partial charge in [0, 0.05) is 12.4 Å². The number of aliphatic hydroxyl groups is 5. The Hall–Kier alpha value is -1.45. The number of rotatable bonds is 5. The zero-order chi connectivity index (χ0) is 14.0. The quantitative estimate of drug-likeness (QED) is 0.354. The highest BCUT2D eigenvalue weighted by Crippen LogP contribution is 2.02. The van der Waals surface area contributed by atoms with E-state index < -0.39 is 31.0 Å². The molecule has 1 rings (SSSR count). The van der Waals surface area contributed by atoms with Gasteiger partial charge in [-0.3, -0.25) is 0 Å². The van der Waals surface area contributed by atoms with Crippen LogP contribution in [-0.4, -0.2) is 72.8 Å². The smallest absolute Gasteiger partial charge is 0.151 e. The molecule has 1 heterocycles. The van der Waals surface area contributed by atoms with Crippen molar-refractivity contribution in [1.29, 1.82) is 0 Å². The van der Waals surface area contributed by atoms with Crippen molar-refractivity contribution in [1.82, 2.24) is 9.97 Å². The molecule has 0 radical (unpaired) electrons. The van der Waals surface area contributed by atoms with Gasteiger partial charge in [0.15, 0.2) is 6.29 Å². The first-order valence-electron chi connectivity index (χ1n) is 5.03. The van der Waals surface area contributed by atoms with Crippen LogP contribution >= 0.6 is 0 Å². The van der Waals surface area contributed by atoms with Crippen molar-refractivity contribution in [2.24, 2.45) is 0 Å². The van der Waals surface area contributed by atoms with Gasteiger partial charge >= 0.3 is 0 Å². The van der Waals surface area contributed by atoms with Crippen molar-refractivity contribution >= 4 is 6.29 Å². The second-order valence-corrected chi connectivity index (χ2v) is 3.26. The molecule has 4 atom stereocenters. The highest BCUT2D eigenvalue weighted by atomic mass is 16.4. The molecule has 1 aromatic rings. The summed E-state index contributed by atoms with van der Waals surface area (Å²) in [6.07, 6.45) is -1.96. The van der Waals surface area contributed by atoms with Crippen LogP contribution in [0.2, 0.25) is 0 Å². The fraction of sp³-hybridized carbons (Fsp3) is 0.500. The number of hydrogen-bond donors (Lipinski definition) is 5. The number of carbonyl (C=O) groups excluding carboxylic acids is 1. The summed E-state index contributed by atoms with van der Waals surface area (Å²) in [7, 11) is 0. The lowest BCUT2D eigenvalue weighted by molar-refractivity contribution is -0.136. The van der Waals surface area contributed by atoms with Crippen molar-refractivity contribution < 1.29 is 30.3 Å². The number of nitrogens with zero attached hydrogens (tertiary/aromatic N) is 2. The summed E-state index contributed by atoms with van der Waals surface area (Å²) in [6.45, 7) is -0.760. The van der Waals surface area contributed by atoms with Crippen molar-refractivity contribution in [2.45, 2.75) is 24.4 Å². The molecule has 5 N–H and O–H groups in total. The lowest BCUT2D eigenvalue weighted by Crippen LogP contribution is -2.46. The second kappa shape index (κ2) is 9.57. The SMILES string of the molecule is O=C[C@H](O)[C@@H](O)[C@H](O)[C@H](O)CO.c1cncnc1. The van der Waals surface area contributed by atoms with Crippen LogP contribution in [0.25, 0.3) is 0 Å². The molecule has 8 nitrogen and oxygen atoms in total. The summed E-state index contributed by atoms with van der Waals surface area (Å²) >= 11 is 0. The average molecular weight is 260 g/mol. The van der Waals surface area contributed by atoms with Gasteiger partial charge in [0.1, 0.15) is 30.7 Å². The molecular formula is C10H16N2O6. The summed E-state index contributed by atoms with van der Waals surface area (Å²) in [5.41, 5.74) is 0. The van der Waals surface area contributed by atoms with Crippen LogP contribution in [0.1, 0.15) is 0 Å². The molecule has 0 amide bonds. The largest absolute Gasteiger partial charge is 0.394 e. The van der Waals surface area contributed by atoms with Gasteiger partial charge in [-0.2, -0.15) is 0 Å². The molecule has 0 saturated carbocycles. The van der Waals surface area contributed by atoms with Crippen LogP contribution in [0.4, 0.5) is 0 Å². The van der Waals surface area contributed by atoms with Crippen LogP contribution < -0.4 is 0 Å². The van der Waals surface area contributed by atoms with Crippen molar-refractivity contribution in [3.63, 3.8) is 0 Å². The monoisotopic (exact) mass is 260 g/mol. The molecule has 0 aliphatic heterocycles. The van der Waals surface area contributed by atoms with Gasteiger partial charge in [-0.15, -0.1) is 0 Å². The van der Waals surface area contributed by atoms with E-state index in [9.17, 15) is 4.79 Å². The number of aliphatic hydroxyl groups excluding tert-OH is 5. The van der Waals surface area contributed by atoms with Crippen LogP contribution in [0.5, 0.6) is 0 Å². The molecular weight excluding hydrogens is 244 g/mol. The standard InChI is InChI=1S/C6H12O6.C4H4N2/c7-1-3(9)5(11)6(12)4(10)2-8;1-2-5-4-6-3-1/h1,3-6,8-12H,2H2;1-4H/t3-,4+,5+,6+;/m0./s1. The zero-order valence-electron chi connectivity index (χ0n) is 9.44. The first-order chi connectivity index (χ1) is 8.54. The first-order valence-corrected chi connectivity index (χ1v) is 5.03. The van der Waals surface area contributed by atoms with Crippen LogP contribution in [0.3, 0.4) is 0 Å². The molecule has 1 aromatic heterocycles. The Kier molecular flexibility index (Phi) is 8.80. The van der Waals surface area contributed by atoms with Crippen molar-refractivity contribution in [2.75, 3.05) is 6.61 Å². The molecule has 102 valence electrons. The lowest BCUT2D eigenvalue weighted by atomic mass is 10.0. The minimum absolute atomic E-state index is 0.0258. The third kappa shape index (κ3) is 6.33. The van der Waals surface area contributed by atoms with Gasteiger partial charge in [0.2, 0.25) is 0 Å². The van der Waals surface area contributed by atoms with Crippen LogP contribution in [0.15, 0.2) is 24.8 Å². The molecule has 0 aliphatic carbocycles. The van der Waals surface area contributed by atoms with E-state index in [1.165, 1.54) is 6.33 Å². The molecule has 0 unspecified atom stereocenters. The maximum absolute atomic E-state index is 9.90. The number of hydrogen-bond acceptors (Lipinski definition) is 8. The van der Waals surface area contributed by atoms with Crippen LogP contribution in [-0.2, 0) is 4.79 Å². The lowest BCUT2D eigenvalue weighted by Gasteiger charge is -2.22. The van der Waals surface area contributed by atoms with Gasteiger partial charge < -0.3 is 30.3 Å². The molecule has 8 heteroatoms. The van der Waals surface area contributed by atoms with Crippen molar-refractivity contribution in [3.05, 3.63) is 24.8 Å². The van der Waals surface area contributed by atoms with Gasteiger partial charge in [-0.1, -0.05) is 0 Å². The fourth-order valence-corrected chi connectivity index (χ4v) is 0.871. The molecule has 0 fully saturated rings. The highest BCUT2D eigenvalue weighted by molar-refractivity contribution is 5.56. The van der Waals surface area contributed by atoms with Gasteiger partial charge in [-0.05, 0) is 6.07 Å². The Bertz CT molecular complexity index is 286. The Morgan fingerprint density at radius 2 is 1.61 bits per heavy atom. The van der Waals surface area contributed by atoms with Gasteiger partial charge in [-0.25, -0.2) is 9.97 Å². The Balaban J connectivity index is 0.000000397. The van der Waals surface area contributed by atoms with E-state index in [-0.39, 0.29) is 6.29 Å². The van der Waals surface area contributed by atoms with E-state index in [1.807, 2.05) is 0 Å². The van der Waals surface area contributed by atoms with E-state index in [2.05, 4.69) is 9.97 Å². The van der Waals surface area contributed by atoms with E-state index >= 15 is 0 Å². The highest BCUT2D eigenvalue weighted by Gasteiger charge is 2.29. The predicted octanol–water partition coefficient (Wildman–Crippen LogP) is -2.90.